The van der Waals surface area contributed by atoms with Crippen LogP contribution in [0.2, 0.25) is 5.02 Å². The Balaban J connectivity index is 1.42. The number of hydrogen-bond acceptors (Lipinski definition) is 6. The first-order chi connectivity index (χ1) is 15.6. The Labute approximate surface area is 197 Å². The molecule has 0 saturated heterocycles. The van der Waals surface area contributed by atoms with Crippen molar-refractivity contribution in [3.8, 4) is 17.1 Å². The Morgan fingerprint density at radius 1 is 1.06 bits per heavy atom. The highest BCUT2D eigenvalue weighted by molar-refractivity contribution is 6.30. The SMILES string of the molecule is Cc1cc(Cl)ccc1OCC(=O)NCCNC(=O)c1nc(-c2ccc(C(C)(C)C)cc2)no1. The van der Waals surface area contributed by atoms with Crippen molar-refractivity contribution in [1.29, 1.82) is 0 Å². The van der Waals surface area contributed by atoms with E-state index in [-0.39, 0.29) is 36.9 Å². The number of carbonyl (C=O) groups is 2. The largest absolute Gasteiger partial charge is 0.484 e. The molecule has 0 radical (unpaired) electrons. The molecule has 0 aliphatic carbocycles. The molecule has 1 aromatic heterocycles. The summed E-state index contributed by atoms with van der Waals surface area (Å²) < 4.78 is 10.6. The van der Waals surface area contributed by atoms with E-state index in [9.17, 15) is 9.59 Å². The summed E-state index contributed by atoms with van der Waals surface area (Å²) in [5.41, 5.74) is 2.82. The zero-order valence-electron chi connectivity index (χ0n) is 19.1. The highest BCUT2D eigenvalue weighted by atomic mass is 35.5. The van der Waals surface area contributed by atoms with Crippen LogP contribution in [0, 0.1) is 6.92 Å². The van der Waals surface area contributed by atoms with Gasteiger partial charge in [-0.15, -0.1) is 0 Å². The quantitative estimate of drug-likeness (QED) is 0.483. The lowest BCUT2D eigenvalue weighted by Crippen LogP contribution is -2.36. The number of carbonyl (C=O) groups excluding carboxylic acids is 2. The third-order valence-electron chi connectivity index (χ3n) is 4.86. The lowest BCUT2D eigenvalue weighted by Gasteiger charge is -2.18. The number of nitrogens with zero attached hydrogens (tertiary/aromatic N) is 2. The highest BCUT2D eigenvalue weighted by Gasteiger charge is 2.17. The molecule has 3 aromatic rings. The van der Waals surface area contributed by atoms with Gasteiger partial charge in [0, 0.05) is 23.7 Å². The summed E-state index contributed by atoms with van der Waals surface area (Å²) in [5, 5.41) is 9.78. The van der Waals surface area contributed by atoms with Crippen molar-refractivity contribution in [1.82, 2.24) is 20.8 Å². The topological polar surface area (TPSA) is 106 Å². The number of aromatic nitrogens is 2. The van der Waals surface area contributed by atoms with E-state index >= 15 is 0 Å². The molecular weight excluding hydrogens is 444 g/mol. The fourth-order valence-electron chi connectivity index (χ4n) is 2.97. The van der Waals surface area contributed by atoms with Crippen LogP contribution < -0.4 is 15.4 Å². The predicted octanol–water partition coefficient (Wildman–Crippen LogP) is 3.92. The summed E-state index contributed by atoms with van der Waals surface area (Å²) in [6.07, 6.45) is 0. The Hall–Kier alpha value is -3.39. The Bertz CT molecular complexity index is 1120. The lowest BCUT2D eigenvalue weighted by molar-refractivity contribution is -0.123. The lowest BCUT2D eigenvalue weighted by atomic mass is 9.87. The maximum atomic E-state index is 12.2. The fraction of sp³-hybridized carbons (Fsp3) is 0.333. The van der Waals surface area contributed by atoms with Gasteiger partial charge in [-0.25, -0.2) is 0 Å². The molecule has 2 N–H and O–H groups in total. The second-order valence-electron chi connectivity index (χ2n) is 8.55. The highest BCUT2D eigenvalue weighted by Crippen LogP contribution is 2.25. The van der Waals surface area contributed by atoms with E-state index in [1.807, 2.05) is 31.2 Å². The minimum Gasteiger partial charge on any atom is -0.484 e. The molecule has 33 heavy (non-hydrogen) atoms. The second kappa shape index (κ2) is 10.5. The summed E-state index contributed by atoms with van der Waals surface area (Å²) >= 11 is 5.90. The molecule has 0 aliphatic rings. The minimum atomic E-state index is -0.512. The van der Waals surface area contributed by atoms with Crippen molar-refractivity contribution in [2.24, 2.45) is 0 Å². The van der Waals surface area contributed by atoms with Crippen molar-refractivity contribution in [2.45, 2.75) is 33.1 Å². The van der Waals surface area contributed by atoms with Crippen LogP contribution in [0.15, 0.2) is 47.0 Å². The molecular formula is C24H27ClN4O4. The molecule has 0 spiro atoms. The second-order valence-corrected chi connectivity index (χ2v) is 8.99. The molecule has 3 rings (SSSR count). The standard InChI is InChI=1S/C24H27ClN4O4/c1-15-13-18(25)9-10-19(15)32-14-20(30)26-11-12-27-22(31)23-28-21(29-33-23)16-5-7-17(8-6-16)24(2,3)4/h5-10,13H,11-12,14H2,1-4H3,(H,26,30)(H,27,31). The van der Waals surface area contributed by atoms with Gasteiger partial charge in [-0.3, -0.25) is 9.59 Å². The molecule has 9 heteroatoms. The van der Waals surface area contributed by atoms with E-state index in [4.69, 9.17) is 20.9 Å². The number of amides is 2. The third kappa shape index (κ3) is 6.79. The van der Waals surface area contributed by atoms with Gasteiger partial charge in [0.1, 0.15) is 5.75 Å². The van der Waals surface area contributed by atoms with E-state index in [1.54, 1.807) is 18.2 Å². The molecule has 0 unspecified atom stereocenters. The molecule has 0 fully saturated rings. The maximum Gasteiger partial charge on any atom is 0.316 e. The zero-order chi connectivity index (χ0) is 24.0. The number of aryl methyl sites for hydroxylation is 1. The average molecular weight is 471 g/mol. The number of hydrogen-bond donors (Lipinski definition) is 2. The van der Waals surface area contributed by atoms with Gasteiger partial charge in [0.25, 0.3) is 5.91 Å². The van der Waals surface area contributed by atoms with Crippen molar-refractivity contribution >= 4 is 23.4 Å². The predicted molar refractivity (Wildman–Crippen MR) is 125 cm³/mol. The van der Waals surface area contributed by atoms with Crippen LogP contribution in [0.1, 0.15) is 42.6 Å². The molecule has 0 saturated carbocycles. The first kappa shape index (κ1) is 24.3. The summed E-state index contributed by atoms with van der Waals surface area (Å²) in [5.74, 6) is -0.0378. The van der Waals surface area contributed by atoms with Crippen LogP contribution >= 0.6 is 11.6 Å². The number of benzene rings is 2. The normalized spacial score (nSPS) is 11.2. The van der Waals surface area contributed by atoms with Gasteiger partial charge in [-0.1, -0.05) is 61.8 Å². The van der Waals surface area contributed by atoms with Gasteiger partial charge in [0.15, 0.2) is 6.61 Å². The van der Waals surface area contributed by atoms with Gasteiger partial charge in [-0.05, 0) is 41.7 Å². The first-order valence-corrected chi connectivity index (χ1v) is 10.9. The molecule has 8 nitrogen and oxygen atoms in total. The average Bonchev–Trinajstić information content (AvgIpc) is 3.26. The molecule has 0 bridgehead atoms. The van der Waals surface area contributed by atoms with Crippen molar-refractivity contribution in [3.63, 3.8) is 0 Å². The van der Waals surface area contributed by atoms with Crippen molar-refractivity contribution in [3.05, 3.63) is 64.5 Å². The van der Waals surface area contributed by atoms with Crippen LogP contribution in [0.5, 0.6) is 5.75 Å². The summed E-state index contributed by atoms with van der Waals surface area (Å²) in [6.45, 7) is 8.53. The summed E-state index contributed by atoms with van der Waals surface area (Å²) in [7, 11) is 0. The smallest absolute Gasteiger partial charge is 0.316 e. The Morgan fingerprint density at radius 3 is 2.42 bits per heavy atom. The summed E-state index contributed by atoms with van der Waals surface area (Å²) in [6, 6.07) is 13.0. The third-order valence-corrected chi connectivity index (χ3v) is 5.09. The Morgan fingerprint density at radius 2 is 1.76 bits per heavy atom. The number of ether oxygens (including phenoxy) is 1. The van der Waals surface area contributed by atoms with E-state index in [2.05, 4.69) is 41.5 Å². The van der Waals surface area contributed by atoms with Gasteiger partial charge >= 0.3 is 11.8 Å². The van der Waals surface area contributed by atoms with Crippen molar-refractivity contribution < 1.29 is 18.8 Å². The fourth-order valence-corrected chi connectivity index (χ4v) is 3.20. The number of halogens is 1. The van der Waals surface area contributed by atoms with Crippen LogP contribution in [0.25, 0.3) is 11.4 Å². The first-order valence-electron chi connectivity index (χ1n) is 10.5. The van der Waals surface area contributed by atoms with E-state index in [0.717, 1.165) is 11.1 Å². The van der Waals surface area contributed by atoms with Gasteiger partial charge < -0.3 is 19.9 Å². The van der Waals surface area contributed by atoms with E-state index in [0.29, 0.717) is 16.6 Å². The summed E-state index contributed by atoms with van der Waals surface area (Å²) in [4.78, 5) is 28.3. The van der Waals surface area contributed by atoms with E-state index < -0.39 is 5.91 Å². The van der Waals surface area contributed by atoms with Crippen LogP contribution in [-0.2, 0) is 10.2 Å². The van der Waals surface area contributed by atoms with Crippen LogP contribution in [0.3, 0.4) is 0 Å². The molecule has 0 atom stereocenters. The molecule has 2 aromatic carbocycles. The maximum absolute atomic E-state index is 12.2. The Kier molecular flexibility index (Phi) is 7.71. The molecule has 1 heterocycles. The van der Waals surface area contributed by atoms with Gasteiger partial charge in [0.05, 0.1) is 0 Å². The molecule has 0 aliphatic heterocycles. The monoisotopic (exact) mass is 470 g/mol. The van der Waals surface area contributed by atoms with Crippen LogP contribution in [-0.4, -0.2) is 41.7 Å². The number of nitrogens with one attached hydrogen (secondary N) is 2. The van der Waals surface area contributed by atoms with Gasteiger partial charge in [0.2, 0.25) is 5.82 Å². The molecule has 2 amide bonds. The van der Waals surface area contributed by atoms with Crippen molar-refractivity contribution in [2.75, 3.05) is 19.7 Å². The van der Waals surface area contributed by atoms with E-state index in [1.165, 1.54) is 5.56 Å². The zero-order valence-corrected chi connectivity index (χ0v) is 19.8. The van der Waals surface area contributed by atoms with Gasteiger partial charge in [-0.2, -0.15) is 4.98 Å². The van der Waals surface area contributed by atoms with Crippen LogP contribution in [0.4, 0.5) is 0 Å². The number of rotatable bonds is 8. The molecule has 174 valence electrons. The minimum absolute atomic E-state index is 0.0389.